The Kier molecular flexibility index (Phi) is 5.58. The number of benzene rings is 1. The van der Waals surface area contributed by atoms with Crippen LogP contribution in [0.1, 0.15) is 51.7 Å². The largest absolute Gasteiger partial charge is 0.481 e. The van der Waals surface area contributed by atoms with Gasteiger partial charge in [-0.15, -0.1) is 0 Å². The Labute approximate surface area is 132 Å². The minimum atomic E-state index is -1.11. The molecule has 1 atom stereocenters. The van der Waals surface area contributed by atoms with Gasteiger partial charge in [-0.3, -0.25) is 9.59 Å². The molecule has 0 aliphatic carbocycles. The Morgan fingerprint density at radius 3 is 2.32 bits per heavy atom. The standard InChI is InChI=1S/C17H26N2O3/c1-10(2)13-8-7-11(3)9-14(13)22-12(4)15(20)19-17(5,6)16(18)21/h7-10,12H,1-6H3,(H2,18,21)(H,19,20). The molecule has 22 heavy (non-hydrogen) atoms. The summed E-state index contributed by atoms with van der Waals surface area (Å²) in [6.07, 6.45) is -0.724. The summed E-state index contributed by atoms with van der Waals surface area (Å²) in [5.41, 5.74) is 6.25. The molecule has 0 heterocycles. The minimum absolute atomic E-state index is 0.285. The zero-order valence-electron chi connectivity index (χ0n) is 14.2. The highest BCUT2D eigenvalue weighted by atomic mass is 16.5. The van der Waals surface area contributed by atoms with E-state index in [1.54, 1.807) is 20.8 Å². The topological polar surface area (TPSA) is 81.4 Å². The van der Waals surface area contributed by atoms with Crippen molar-refractivity contribution in [3.8, 4) is 5.75 Å². The van der Waals surface area contributed by atoms with Gasteiger partial charge >= 0.3 is 0 Å². The van der Waals surface area contributed by atoms with Gasteiger partial charge < -0.3 is 15.8 Å². The monoisotopic (exact) mass is 306 g/mol. The van der Waals surface area contributed by atoms with Gasteiger partial charge in [-0.25, -0.2) is 0 Å². The molecule has 0 aliphatic heterocycles. The van der Waals surface area contributed by atoms with E-state index in [0.717, 1.165) is 11.1 Å². The number of primary amides is 1. The molecule has 0 radical (unpaired) electrons. The summed E-state index contributed by atoms with van der Waals surface area (Å²) >= 11 is 0. The van der Waals surface area contributed by atoms with E-state index in [9.17, 15) is 9.59 Å². The van der Waals surface area contributed by atoms with Crippen LogP contribution in [0.5, 0.6) is 5.75 Å². The third kappa shape index (κ3) is 4.48. The highest BCUT2D eigenvalue weighted by Gasteiger charge is 2.29. The van der Waals surface area contributed by atoms with Crippen LogP contribution in [0.3, 0.4) is 0 Å². The molecule has 0 aliphatic rings. The maximum absolute atomic E-state index is 12.2. The molecule has 5 heteroatoms. The highest BCUT2D eigenvalue weighted by molar-refractivity contribution is 5.91. The number of nitrogens with one attached hydrogen (secondary N) is 1. The van der Waals surface area contributed by atoms with Crippen molar-refractivity contribution in [1.29, 1.82) is 0 Å². The zero-order chi connectivity index (χ0) is 17.1. The molecule has 0 aromatic heterocycles. The smallest absolute Gasteiger partial charge is 0.261 e. The van der Waals surface area contributed by atoms with Crippen molar-refractivity contribution in [2.24, 2.45) is 5.73 Å². The number of ether oxygens (including phenoxy) is 1. The lowest BCUT2D eigenvalue weighted by Crippen LogP contribution is -2.55. The molecule has 2 amide bonds. The summed E-state index contributed by atoms with van der Waals surface area (Å²) in [5.74, 6) is 0.00828. The Hall–Kier alpha value is -2.04. The molecular formula is C17H26N2O3. The van der Waals surface area contributed by atoms with E-state index in [4.69, 9.17) is 10.5 Å². The molecule has 1 rings (SSSR count). The van der Waals surface area contributed by atoms with Crippen LogP contribution in [0.15, 0.2) is 18.2 Å². The zero-order valence-corrected chi connectivity index (χ0v) is 14.2. The number of hydrogen-bond donors (Lipinski definition) is 2. The van der Waals surface area contributed by atoms with Crippen molar-refractivity contribution < 1.29 is 14.3 Å². The number of carbonyl (C=O) groups excluding carboxylic acids is 2. The van der Waals surface area contributed by atoms with E-state index in [0.29, 0.717) is 5.75 Å². The average Bonchev–Trinajstić information content (AvgIpc) is 2.37. The number of carbonyl (C=O) groups is 2. The molecule has 1 aromatic carbocycles. The highest BCUT2D eigenvalue weighted by Crippen LogP contribution is 2.28. The lowest BCUT2D eigenvalue weighted by atomic mass is 10.0. The maximum Gasteiger partial charge on any atom is 0.261 e. The summed E-state index contributed by atoms with van der Waals surface area (Å²) in [5, 5.41) is 2.60. The predicted octanol–water partition coefficient (Wildman–Crippen LogP) is 2.27. The third-order valence-corrected chi connectivity index (χ3v) is 3.52. The predicted molar refractivity (Wildman–Crippen MR) is 86.8 cm³/mol. The van der Waals surface area contributed by atoms with Crippen LogP contribution in [-0.2, 0) is 9.59 Å². The van der Waals surface area contributed by atoms with Gasteiger partial charge in [0, 0.05) is 0 Å². The number of rotatable bonds is 6. The fourth-order valence-electron chi connectivity index (χ4n) is 1.94. The van der Waals surface area contributed by atoms with Crippen molar-refractivity contribution in [2.75, 3.05) is 0 Å². The first kappa shape index (κ1) is 18.0. The van der Waals surface area contributed by atoms with Gasteiger partial charge in [-0.05, 0) is 50.8 Å². The van der Waals surface area contributed by atoms with E-state index in [1.807, 2.05) is 25.1 Å². The minimum Gasteiger partial charge on any atom is -0.481 e. The first-order valence-electron chi connectivity index (χ1n) is 7.43. The fourth-order valence-corrected chi connectivity index (χ4v) is 1.94. The van der Waals surface area contributed by atoms with Crippen molar-refractivity contribution in [1.82, 2.24) is 5.32 Å². The Bertz CT molecular complexity index is 565. The van der Waals surface area contributed by atoms with Crippen LogP contribution in [0, 0.1) is 6.92 Å². The first-order valence-corrected chi connectivity index (χ1v) is 7.43. The van der Waals surface area contributed by atoms with Crippen LogP contribution >= 0.6 is 0 Å². The molecule has 122 valence electrons. The lowest BCUT2D eigenvalue weighted by Gasteiger charge is -2.25. The van der Waals surface area contributed by atoms with Gasteiger partial charge in [0.2, 0.25) is 5.91 Å². The van der Waals surface area contributed by atoms with Gasteiger partial charge in [-0.1, -0.05) is 26.0 Å². The van der Waals surface area contributed by atoms with Gasteiger partial charge in [0.1, 0.15) is 11.3 Å². The van der Waals surface area contributed by atoms with Crippen molar-refractivity contribution >= 4 is 11.8 Å². The van der Waals surface area contributed by atoms with Crippen LogP contribution in [0.2, 0.25) is 0 Å². The molecule has 1 aromatic rings. The molecule has 0 saturated carbocycles. The molecule has 3 N–H and O–H groups in total. The fraction of sp³-hybridized carbons (Fsp3) is 0.529. The summed E-state index contributed by atoms with van der Waals surface area (Å²) in [4.78, 5) is 23.5. The van der Waals surface area contributed by atoms with E-state index >= 15 is 0 Å². The molecule has 0 bridgehead atoms. The van der Waals surface area contributed by atoms with Gasteiger partial charge in [0.15, 0.2) is 6.10 Å². The molecule has 0 saturated heterocycles. The molecule has 5 nitrogen and oxygen atoms in total. The van der Waals surface area contributed by atoms with Crippen LogP contribution in [0.4, 0.5) is 0 Å². The first-order chi connectivity index (χ1) is 10.0. The Morgan fingerprint density at radius 1 is 1.23 bits per heavy atom. The normalized spacial score (nSPS) is 12.9. The van der Waals surface area contributed by atoms with Gasteiger partial charge in [0.25, 0.3) is 5.91 Å². The summed E-state index contributed by atoms with van der Waals surface area (Å²) in [6.45, 7) is 10.9. The van der Waals surface area contributed by atoms with Crippen molar-refractivity contribution in [3.05, 3.63) is 29.3 Å². The number of nitrogens with two attached hydrogens (primary N) is 1. The average molecular weight is 306 g/mol. The second-order valence-electron chi connectivity index (χ2n) is 6.43. The van der Waals surface area contributed by atoms with Gasteiger partial charge in [-0.2, -0.15) is 0 Å². The van der Waals surface area contributed by atoms with Crippen molar-refractivity contribution in [2.45, 2.75) is 59.1 Å². The van der Waals surface area contributed by atoms with Crippen LogP contribution < -0.4 is 15.8 Å². The SMILES string of the molecule is Cc1ccc(C(C)C)c(OC(C)C(=O)NC(C)(C)C(N)=O)c1. The lowest BCUT2D eigenvalue weighted by molar-refractivity contribution is -0.134. The third-order valence-electron chi connectivity index (χ3n) is 3.52. The Balaban J connectivity index is 2.89. The Morgan fingerprint density at radius 2 is 1.82 bits per heavy atom. The second-order valence-corrected chi connectivity index (χ2v) is 6.43. The number of aryl methyl sites for hydroxylation is 1. The molecular weight excluding hydrogens is 280 g/mol. The van der Waals surface area contributed by atoms with Crippen LogP contribution in [-0.4, -0.2) is 23.5 Å². The second kappa shape index (κ2) is 6.81. The summed E-state index contributed by atoms with van der Waals surface area (Å²) in [7, 11) is 0. The van der Waals surface area contributed by atoms with Crippen LogP contribution in [0.25, 0.3) is 0 Å². The maximum atomic E-state index is 12.2. The van der Waals surface area contributed by atoms with E-state index in [1.165, 1.54) is 0 Å². The van der Waals surface area contributed by atoms with E-state index < -0.39 is 17.6 Å². The molecule has 1 unspecified atom stereocenters. The quantitative estimate of drug-likeness (QED) is 0.846. The van der Waals surface area contributed by atoms with E-state index in [2.05, 4.69) is 19.2 Å². The molecule has 0 fully saturated rings. The molecule has 0 spiro atoms. The van der Waals surface area contributed by atoms with Crippen molar-refractivity contribution in [3.63, 3.8) is 0 Å². The van der Waals surface area contributed by atoms with E-state index in [-0.39, 0.29) is 11.8 Å². The summed E-state index contributed by atoms with van der Waals surface area (Å²) in [6, 6.07) is 5.94. The number of hydrogen-bond acceptors (Lipinski definition) is 3. The number of amides is 2. The van der Waals surface area contributed by atoms with Gasteiger partial charge in [0.05, 0.1) is 0 Å². The summed E-state index contributed by atoms with van der Waals surface area (Å²) < 4.78 is 5.81.